The maximum atomic E-state index is 13.4. The van der Waals surface area contributed by atoms with Crippen molar-refractivity contribution in [3.63, 3.8) is 0 Å². The second kappa shape index (κ2) is 13.5. The van der Waals surface area contributed by atoms with E-state index in [0.717, 1.165) is 5.56 Å². The normalized spacial score (nSPS) is 18.6. The number of hydrogen-bond acceptors (Lipinski definition) is 5. The minimum Gasteiger partial charge on any atom is -0.361 e. The Balaban J connectivity index is 1.73. The van der Waals surface area contributed by atoms with Crippen molar-refractivity contribution in [2.45, 2.75) is 77.6 Å². The van der Waals surface area contributed by atoms with Gasteiger partial charge in [0.25, 0.3) is 5.91 Å². The fraction of sp³-hybridized carbons (Fsp3) is 0.484. The molecule has 1 fully saturated rings. The van der Waals surface area contributed by atoms with Crippen LogP contribution in [0.25, 0.3) is 0 Å². The van der Waals surface area contributed by atoms with E-state index >= 15 is 0 Å². The van der Waals surface area contributed by atoms with Gasteiger partial charge in [-0.25, -0.2) is 0 Å². The van der Waals surface area contributed by atoms with Crippen molar-refractivity contribution in [2.75, 3.05) is 6.61 Å². The van der Waals surface area contributed by atoms with Gasteiger partial charge in [-0.1, -0.05) is 76.2 Å². The van der Waals surface area contributed by atoms with Gasteiger partial charge in [0.2, 0.25) is 11.8 Å². The lowest BCUT2D eigenvalue weighted by molar-refractivity contribution is -0.133. The molecule has 1 aliphatic heterocycles. The zero-order valence-corrected chi connectivity index (χ0v) is 23.5. The molecule has 3 rings (SSSR count). The van der Waals surface area contributed by atoms with E-state index < -0.39 is 29.6 Å². The van der Waals surface area contributed by atoms with Crippen LogP contribution in [0.1, 0.15) is 75.8 Å². The van der Waals surface area contributed by atoms with E-state index in [1.165, 1.54) is 0 Å². The molecule has 1 heterocycles. The largest absolute Gasteiger partial charge is 0.361 e. The third-order valence-corrected chi connectivity index (χ3v) is 6.73. The molecule has 1 aliphatic rings. The number of ketones is 1. The Labute approximate surface area is 231 Å². The molecule has 8 nitrogen and oxygen atoms in total. The summed E-state index contributed by atoms with van der Waals surface area (Å²) in [5.41, 5.74) is 0.413. The zero-order valence-electron chi connectivity index (χ0n) is 23.5. The van der Waals surface area contributed by atoms with Crippen LogP contribution in [0.4, 0.5) is 0 Å². The highest BCUT2D eigenvalue weighted by Crippen LogP contribution is 2.29. The minimum atomic E-state index is -0.858. The topological polar surface area (TPSA) is 117 Å². The molecule has 0 radical (unpaired) electrons. The first-order chi connectivity index (χ1) is 18.5. The Morgan fingerprint density at radius 1 is 0.795 bits per heavy atom. The van der Waals surface area contributed by atoms with Gasteiger partial charge in [0.15, 0.2) is 5.78 Å². The summed E-state index contributed by atoms with van der Waals surface area (Å²) in [4.78, 5) is 52.6. The van der Waals surface area contributed by atoms with Crippen LogP contribution in [0.15, 0.2) is 60.7 Å². The van der Waals surface area contributed by atoms with Crippen LogP contribution >= 0.6 is 0 Å². The van der Waals surface area contributed by atoms with E-state index in [-0.39, 0.29) is 35.9 Å². The molecule has 1 saturated heterocycles. The van der Waals surface area contributed by atoms with Crippen LogP contribution < -0.4 is 16.0 Å². The Kier molecular flexibility index (Phi) is 10.4. The molecule has 1 unspecified atom stereocenters. The number of carbonyl (C=O) groups excluding carboxylic acids is 4. The number of Topliss-reactive ketones (excluding diaryl/α,β-unsaturated/α-hetero) is 1. The number of ether oxygens (including phenoxy) is 1. The molecule has 0 bridgehead atoms. The van der Waals surface area contributed by atoms with E-state index in [4.69, 9.17) is 4.74 Å². The van der Waals surface area contributed by atoms with Crippen molar-refractivity contribution in [1.29, 1.82) is 0 Å². The molecule has 4 atom stereocenters. The molecule has 3 amide bonds. The summed E-state index contributed by atoms with van der Waals surface area (Å²) >= 11 is 0. The molecule has 0 saturated carbocycles. The fourth-order valence-corrected chi connectivity index (χ4v) is 4.50. The van der Waals surface area contributed by atoms with Crippen LogP contribution in [0, 0.1) is 11.8 Å². The number of rotatable bonds is 14. The quantitative estimate of drug-likeness (QED) is 0.317. The van der Waals surface area contributed by atoms with Gasteiger partial charge in [-0.05, 0) is 49.3 Å². The third kappa shape index (κ3) is 9.03. The lowest BCUT2D eigenvalue weighted by Gasteiger charge is -2.26. The first kappa shape index (κ1) is 30.0. The third-order valence-electron chi connectivity index (χ3n) is 6.73. The molecule has 39 heavy (non-hydrogen) atoms. The second-order valence-corrected chi connectivity index (χ2v) is 11.3. The van der Waals surface area contributed by atoms with Crippen LogP contribution in [-0.2, 0) is 19.1 Å². The molecule has 210 valence electrons. The number of nitrogens with one attached hydrogen (secondary N) is 3. The molecule has 2 aromatic carbocycles. The van der Waals surface area contributed by atoms with Crippen LogP contribution in [0.3, 0.4) is 0 Å². The van der Waals surface area contributed by atoms with E-state index in [1.807, 2.05) is 64.1 Å². The van der Waals surface area contributed by atoms with Crippen molar-refractivity contribution < 1.29 is 23.9 Å². The lowest BCUT2D eigenvalue weighted by atomic mass is 9.92. The number of amides is 3. The highest BCUT2D eigenvalue weighted by molar-refractivity contribution is 5.98. The lowest BCUT2D eigenvalue weighted by Crippen LogP contribution is -2.54. The Hall–Kier alpha value is -3.52. The van der Waals surface area contributed by atoms with Crippen molar-refractivity contribution >= 4 is 23.5 Å². The molecule has 8 heteroatoms. The Bertz CT molecular complexity index is 1130. The maximum absolute atomic E-state index is 13.4. The van der Waals surface area contributed by atoms with Gasteiger partial charge in [-0.2, -0.15) is 0 Å². The molecular formula is C31H41N3O5. The molecule has 0 spiro atoms. The fourth-order valence-electron chi connectivity index (χ4n) is 4.50. The van der Waals surface area contributed by atoms with E-state index in [2.05, 4.69) is 16.0 Å². The molecule has 3 N–H and O–H groups in total. The molecular weight excluding hydrogens is 494 g/mol. The summed E-state index contributed by atoms with van der Waals surface area (Å²) < 4.78 is 5.34. The summed E-state index contributed by atoms with van der Waals surface area (Å²) in [5, 5.41) is 8.72. The van der Waals surface area contributed by atoms with Gasteiger partial charge in [-0.3, -0.25) is 19.2 Å². The molecule has 0 aliphatic carbocycles. The van der Waals surface area contributed by atoms with Gasteiger partial charge < -0.3 is 20.7 Å². The first-order valence-electron chi connectivity index (χ1n) is 13.7. The van der Waals surface area contributed by atoms with Crippen molar-refractivity contribution in [3.8, 4) is 0 Å². The van der Waals surface area contributed by atoms with Gasteiger partial charge in [0.1, 0.15) is 11.6 Å². The summed E-state index contributed by atoms with van der Waals surface area (Å²) in [6, 6.07) is 16.0. The number of benzene rings is 2. The number of hydrogen-bond donors (Lipinski definition) is 3. The number of carbonyl (C=O) groups is 4. The summed E-state index contributed by atoms with van der Waals surface area (Å²) in [7, 11) is 0. The maximum Gasteiger partial charge on any atom is 0.251 e. The predicted molar refractivity (Wildman–Crippen MR) is 150 cm³/mol. The minimum absolute atomic E-state index is 0.0509. The average Bonchev–Trinajstić information content (AvgIpc) is 3.65. The van der Waals surface area contributed by atoms with E-state index in [1.54, 1.807) is 31.2 Å². The highest BCUT2D eigenvalue weighted by Gasteiger charge is 2.50. The van der Waals surface area contributed by atoms with E-state index in [9.17, 15) is 19.2 Å². The summed E-state index contributed by atoms with van der Waals surface area (Å²) in [5.74, 6) is -0.912. The standard InChI is InChI=1S/C31H41N3O5/c1-20(2)16-25(28(36)31(5)19-39-31)34-30(38)26(17-21(3)4)32-27(35)18-24(22-12-8-6-9-13-22)33-29(37)23-14-10-7-11-15-23/h6-15,20-21,24-26H,16-19H2,1-5H3,(H,32,35)(H,33,37)(H,34,38)/t24?,25-,26-,31+/m0/s1. The monoisotopic (exact) mass is 535 g/mol. The predicted octanol–water partition coefficient (Wildman–Crippen LogP) is 3.97. The van der Waals surface area contributed by atoms with Crippen LogP contribution in [0.2, 0.25) is 0 Å². The molecule has 2 aromatic rings. The van der Waals surface area contributed by atoms with Crippen molar-refractivity contribution in [1.82, 2.24) is 16.0 Å². The Morgan fingerprint density at radius 2 is 1.33 bits per heavy atom. The Morgan fingerprint density at radius 3 is 1.87 bits per heavy atom. The smallest absolute Gasteiger partial charge is 0.251 e. The van der Waals surface area contributed by atoms with Gasteiger partial charge in [-0.15, -0.1) is 0 Å². The van der Waals surface area contributed by atoms with Gasteiger partial charge in [0.05, 0.1) is 25.1 Å². The van der Waals surface area contributed by atoms with Gasteiger partial charge in [0, 0.05) is 5.56 Å². The summed E-state index contributed by atoms with van der Waals surface area (Å²) in [6.07, 6.45) is 0.832. The van der Waals surface area contributed by atoms with Crippen molar-refractivity contribution in [2.24, 2.45) is 11.8 Å². The first-order valence-corrected chi connectivity index (χ1v) is 13.7. The zero-order chi connectivity index (χ0) is 28.6. The van der Waals surface area contributed by atoms with Crippen LogP contribution in [-0.4, -0.2) is 47.8 Å². The van der Waals surface area contributed by atoms with Gasteiger partial charge >= 0.3 is 0 Å². The SMILES string of the molecule is CC(C)C[C@H](NC(=O)CC(NC(=O)c1ccccc1)c1ccccc1)C(=O)N[C@@H](CC(C)C)C(=O)[C@@]1(C)CO1. The van der Waals surface area contributed by atoms with E-state index in [0.29, 0.717) is 25.0 Å². The highest BCUT2D eigenvalue weighted by atomic mass is 16.6. The number of epoxide rings is 1. The second-order valence-electron chi connectivity index (χ2n) is 11.3. The average molecular weight is 536 g/mol. The molecule has 0 aromatic heterocycles. The van der Waals surface area contributed by atoms with Crippen LogP contribution in [0.5, 0.6) is 0 Å². The summed E-state index contributed by atoms with van der Waals surface area (Å²) in [6.45, 7) is 9.99. The van der Waals surface area contributed by atoms with Crippen molar-refractivity contribution in [3.05, 3.63) is 71.8 Å².